The van der Waals surface area contributed by atoms with Crippen molar-refractivity contribution in [2.24, 2.45) is 0 Å². The van der Waals surface area contributed by atoms with Crippen molar-refractivity contribution in [3.05, 3.63) is 68.9 Å². The summed E-state index contributed by atoms with van der Waals surface area (Å²) >= 11 is 3.40. The number of carbonyl (C=O) groups excluding carboxylic acids is 1. The zero-order chi connectivity index (χ0) is 19.5. The van der Waals surface area contributed by atoms with Crippen molar-refractivity contribution >= 4 is 38.4 Å². The SMILES string of the molecule is O=C(Cc1cccc(Br)c1)Nn1nc(N2CCOCC2)c2ccccc2c1=O. The van der Waals surface area contributed by atoms with E-state index < -0.39 is 0 Å². The summed E-state index contributed by atoms with van der Waals surface area (Å²) in [6.07, 6.45) is 0.146. The summed E-state index contributed by atoms with van der Waals surface area (Å²) in [7, 11) is 0. The minimum Gasteiger partial charge on any atom is -0.378 e. The van der Waals surface area contributed by atoms with Crippen molar-refractivity contribution in [2.75, 3.05) is 36.6 Å². The number of fused-ring (bicyclic) bond motifs is 1. The third kappa shape index (κ3) is 3.93. The average Bonchev–Trinajstić information content (AvgIpc) is 2.71. The summed E-state index contributed by atoms with van der Waals surface area (Å²) in [6, 6.07) is 14.8. The minimum atomic E-state index is -0.352. The molecule has 7 nitrogen and oxygen atoms in total. The lowest BCUT2D eigenvalue weighted by Crippen LogP contribution is -2.41. The highest BCUT2D eigenvalue weighted by atomic mass is 79.9. The minimum absolute atomic E-state index is 0.146. The van der Waals surface area contributed by atoms with E-state index in [4.69, 9.17) is 4.74 Å². The Morgan fingerprint density at radius 2 is 1.86 bits per heavy atom. The van der Waals surface area contributed by atoms with E-state index >= 15 is 0 Å². The van der Waals surface area contributed by atoms with Crippen LogP contribution in [0.4, 0.5) is 5.82 Å². The van der Waals surface area contributed by atoms with E-state index in [-0.39, 0.29) is 17.9 Å². The molecule has 4 rings (SSSR count). The number of benzene rings is 2. The lowest BCUT2D eigenvalue weighted by atomic mass is 10.1. The molecular weight excluding hydrogens is 424 g/mol. The highest BCUT2D eigenvalue weighted by Crippen LogP contribution is 2.22. The van der Waals surface area contributed by atoms with Crippen LogP contribution in [0.5, 0.6) is 0 Å². The number of ether oxygens (including phenoxy) is 1. The summed E-state index contributed by atoms with van der Waals surface area (Å²) in [5, 5.41) is 5.74. The standard InChI is InChI=1S/C20H19BrN4O3/c21-15-5-3-4-14(12-15)13-18(26)22-25-20(27)17-7-2-1-6-16(17)19(23-25)24-8-10-28-11-9-24/h1-7,12H,8-11,13H2,(H,22,26). The number of amides is 1. The molecule has 8 heteroatoms. The smallest absolute Gasteiger partial charge is 0.294 e. The molecule has 1 amide bonds. The van der Waals surface area contributed by atoms with Crippen molar-refractivity contribution in [1.82, 2.24) is 9.89 Å². The molecule has 1 aliphatic heterocycles. The number of aromatic nitrogens is 2. The Balaban J connectivity index is 1.67. The third-order valence-electron chi connectivity index (χ3n) is 4.58. The number of nitrogens with zero attached hydrogens (tertiary/aromatic N) is 3. The van der Waals surface area contributed by atoms with Gasteiger partial charge in [0.25, 0.3) is 5.56 Å². The molecule has 144 valence electrons. The van der Waals surface area contributed by atoms with Crippen LogP contribution >= 0.6 is 15.9 Å². The molecule has 2 heterocycles. The third-order valence-corrected chi connectivity index (χ3v) is 5.07. The fourth-order valence-electron chi connectivity index (χ4n) is 3.25. The van der Waals surface area contributed by atoms with Gasteiger partial charge in [0.2, 0.25) is 5.91 Å². The molecule has 1 aromatic heterocycles. The predicted octanol–water partition coefficient (Wildman–Crippen LogP) is 2.31. The van der Waals surface area contributed by atoms with E-state index in [0.717, 1.165) is 20.2 Å². The van der Waals surface area contributed by atoms with E-state index in [9.17, 15) is 9.59 Å². The highest BCUT2D eigenvalue weighted by molar-refractivity contribution is 9.10. The maximum Gasteiger partial charge on any atom is 0.294 e. The Hall–Kier alpha value is -2.71. The fourth-order valence-corrected chi connectivity index (χ4v) is 3.69. The van der Waals surface area contributed by atoms with Gasteiger partial charge in [-0.05, 0) is 23.8 Å². The Morgan fingerprint density at radius 3 is 2.61 bits per heavy atom. The molecule has 1 N–H and O–H groups in total. The Morgan fingerprint density at radius 1 is 1.11 bits per heavy atom. The molecule has 1 saturated heterocycles. The summed E-state index contributed by atoms with van der Waals surface area (Å²) in [5.41, 5.74) is 3.12. The first kappa shape index (κ1) is 18.6. The van der Waals surface area contributed by atoms with Crippen molar-refractivity contribution in [3.8, 4) is 0 Å². The monoisotopic (exact) mass is 442 g/mol. The largest absolute Gasteiger partial charge is 0.378 e. The number of carbonyl (C=O) groups is 1. The molecule has 0 unspecified atom stereocenters. The number of morpholine rings is 1. The second kappa shape index (κ2) is 8.12. The lowest BCUT2D eigenvalue weighted by molar-refractivity contribution is -0.116. The molecule has 0 radical (unpaired) electrons. The first-order chi connectivity index (χ1) is 13.6. The van der Waals surface area contributed by atoms with Crippen LogP contribution < -0.4 is 15.9 Å². The van der Waals surface area contributed by atoms with Crippen LogP contribution in [0.2, 0.25) is 0 Å². The maximum absolute atomic E-state index is 12.8. The van der Waals surface area contributed by atoms with Crippen LogP contribution in [0, 0.1) is 0 Å². The quantitative estimate of drug-likeness (QED) is 0.670. The molecule has 3 aromatic rings. The number of nitrogens with one attached hydrogen (secondary N) is 1. The summed E-state index contributed by atoms with van der Waals surface area (Å²) < 4.78 is 6.31. The second-order valence-corrected chi connectivity index (χ2v) is 7.44. The molecule has 0 atom stereocenters. The van der Waals surface area contributed by atoms with Crippen molar-refractivity contribution < 1.29 is 9.53 Å². The second-order valence-electron chi connectivity index (χ2n) is 6.53. The highest BCUT2D eigenvalue weighted by Gasteiger charge is 2.19. The van der Waals surface area contributed by atoms with Crippen LogP contribution in [0.15, 0.2) is 57.8 Å². The van der Waals surface area contributed by atoms with Crippen LogP contribution in [0.1, 0.15) is 5.56 Å². The van der Waals surface area contributed by atoms with E-state index in [1.54, 1.807) is 12.1 Å². The molecule has 0 saturated carbocycles. The summed E-state index contributed by atoms with van der Waals surface area (Å²) in [4.78, 5) is 28.5. The van der Waals surface area contributed by atoms with Crippen LogP contribution in [-0.2, 0) is 16.0 Å². The topological polar surface area (TPSA) is 76.5 Å². The molecular formula is C20H19BrN4O3. The van der Waals surface area contributed by atoms with Gasteiger partial charge in [-0.1, -0.05) is 46.3 Å². The normalized spacial score (nSPS) is 14.2. The van der Waals surface area contributed by atoms with E-state index in [1.807, 2.05) is 36.4 Å². The number of halogens is 1. The molecule has 28 heavy (non-hydrogen) atoms. The number of anilines is 1. The van der Waals surface area contributed by atoms with Gasteiger partial charge in [-0.2, -0.15) is 0 Å². The summed E-state index contributed by atoms with van der Waals surface area (Å²) in [6.45, 7) is 2.57. The van der Waals surface area contributed by atoms with Gasteiger partial charge in [0.1, 0.15) is 0 Å². The van der Waals surface area contributed by atoms with Crippen molar-refractivity contribution in [1.29, 1.82) is 0 Å². The van der Waals surface area contributed by atoms with Gasteiger partial charge in [-0.3, -0.25) is 9.59 Å². The maximum atomic E-state index is 12.8. The number of rotatable bonds is 4. The van der Waals surface area contributed by atoms with E-state index in [2.05, 4.69) is 31.4 Å². The Bertz CT molecular complexity index is 1080. The van der Waals surface area contributed by atoms with Gasteiger partial charge < -0.3 is 9.64 Å². The molecule has 0 bridgehead atoms. The zero-order valence-corrected chi connectivity index (χ0v) is 16.7. The molecule has 1 fully saturated rings. The van der Waals surface area contributed by atoms with Crippen LogP contribution in [0.25, 0.3) is 10.8 Å². The van der Waals surface area contributed by atoms with Gasteiger partial charge in [-0.25, -0.2) is 5.43 Å². The van der Waals surface area contributed by atoms with Gasteiger partial charge >= 0.3 is 0 Å². The van der Waals surface area contributed by atoms with Crippen LogP contribution in [0.3, 0.4) is 0 Å². The van der Waals surface area contributed by atoms with Gasteiger partial charge in [0.15, 0.2) is 5.82 Å². The van der Waals surface area contributed by atoms with E-state index in [0.29, 0.717) is 37.5 Å². The van der Waals surface area contributed by atoms with Gasteiger partial charge in [-0.15, -0.1) is 9.89 Å². The molecule has 0 aliphatic carbocycles. The number of hydrogen-bond acceptors (Lipinski definition) is 5. The predicted molar refractivity (Wildman–Crippen MR) is 111 cm³/mol. The van der Waals surface area contributed by atoms with Gasteiger partial charge in [0, 0.05) is 22.9 Å². The first-order valence-electron chi connectivity index (χ1n) is 9.01. The lowest BCUT2D eigenvalue weighted by Gasteiger charge is -2.29. The number of hydrogen-bond donors (Lipinski definition) is 1. The van der Waals surface area contributed by atoms with Crippen LogP contribution in [-0.4, -0.2) is 42.1 Å². The average molecular weight is 443 g/mol. The van der Waals surface area contributed by atoms with Gasteiger partial charge in [0.05, 0.1) is 25.0 Å². The Labute approximate surface area is 170 Å². The fraction of sp³-hybridized carbons (Fsp3) is 0.250. The van der Waals surface area contributed by atoms with E-state index in [1.165, 1.54) is 0 Å². The molecule has 0 spiro atoms. The van der Waals surface area contributed by atoms with Crippen molar-refractivity contribution in [3.63, 3.8) is 0 Å². The summed E-state index contributed by atoms with van der Waals surface area (Å²) in [5.74, 6) is 0.358. The first-order valence-corrected chi connectivity index (χ1v) is 9.80. The molecule has 1 aliphatic rings. The Kier molecular flexibility index (Phi) is 5.40. The molecule has 2 aromatic carbocycles. The zero-order valence-electron chi connectivity index (χ0n) is 15.1. The van der Waals surface area contributed by atoms with Crippen molar-refractivity contribution in [2.45, 2.75) is 6.42 Å².